The number of rotatable bonds is 5. The summed E-state index contributed by atoms with van der Waals surface area (Å²) in [6.07, 6.45) is 3.29. The molecular weight excluding hydrogens is 260 g/mol. The molecule has 116 valence electrons. The number of nitrogens with one attached hydrogen (secondary N) is 1. The van der Waals surface area contributed by atoms with E-state index < -0.39 is 0 Å². The molecule has 0 aromatic heterocycles. The molecule has 1 aromatic rings. The summed E-state index contributed by atoms with van der Waals surface area (Å²) >= 11 is 0. The van der Waals surface area contributed by atoms with Crippen LogP contribution < -0.4 is 10.2 Å². The SMILES string of the molecule is CCCNC(C)c1ccc(N2CC3CCC(O)C3C2)cc1. The zero-order valence-electron chi connectivity index (χ0n) is 13.3. The van der Waals surface area contributed by atoms with Gasteiger partial charge in [0.1, 0.15) is 0 Å². The largest absolute Gasteiger partial charge is 0.393 e. The molecule has 4 unspecified atom stereocenters. The zero-order chi connectivity index (χ0) is 14.8. The van der Waals surface area contributed by atoms with Crippen molar-refractivity contribution in [3.8, 4) is 0 Å². The van der Waals surface area contributed by atoms with Crippen molar-refractivity contribution in [1.82, 2.24) is 5.32 Å². The standard InChI is InChI=1S/C18H28N2O/c1-3-10-19-13(2)14-4-7-16(8-5-14)20-11-15-6-9-18(21)17(15)12-20/h4-5,7-8,13,15,17-19,21H,3,6,9-12H2,1-2H3. The normalized spacial score (nSPS) is 29.7. The molecule has 3 rings (SSSR count). The van der Waals surface area contributed by atoms with E-state index in [4.69, 9.17) is 0 Å². The highest BCUT2D eigenvalue weighted by Crippen LogP contribution is 2.39. The smallest absolute Gasteiger partial charge is 0.0588 e. The zero-order valence-corrected chi connectivity index (χ0v) is 13.3. The van der Waals surface area contributed by atoms with Gasteiger partial charge in [0, 0.05) is 30.7 Å². The molecule has 2 aliphatic rings. The van der Waals surface area contributed by atoms with E-state index in [9.17, 15) is 5.11 Å². The first-order valence-corrected chi connectivity index (χ1v) is 8.45. The molecule has 21 heavy (non-hydrogen) atoms. The van der Waals surface area contributed by atoms with E-state index in [1.54, 1.807) is 0 Å². The van der Waals surface area contributed by atoms with Gasteiger partial charge in [-0.25, -0.2) is 0 Å². The van der Waals surface area contributed by atoms with Crippen LogP contribution in [-0.2, 0) is 0 Å². The number of fused-ring (bicyclic) bond motifs is 1. The maximum Gasteiger partial charge on any atom is 0.0588 e. The highest BCUT2D eigenvalue weighted by molar-refractivity contribution is 5.49. The van der Waals surface area contributed by atoms with Crippen molar-refractivity contribution < 1.29 is 5.11 Å². The van der Waals surface area contributed by atoms with Gasteiger partial charge in [0.2, 0.25) is 0 Å². The fraction of sp³-hybridized carbons (Fsp3) is 0.667. The van der Waals surface area contributed by atoms with E-state index in [0.717, 1.165) is 26.1 Å². The van der Waals surface area contributed by atoms with Crippen LogP contribution in [0.5, 0.6) is 0 Å². The molecule has 1 aromatic carbocycles. The van der Waals surface area contributed by atoms with E-state index in [-0.39, 0.29) is 6.10 Å². The Kier molecular flexibility index (Phi) is 4.51. The quantitative estimate of drug-likeness (QED) is 0.874. The maximum atomic E-state index is 10.0. The Bertz CT molecular complexity index is 459. The summed E-state index contributed by atoms with van der Waals surface area (Å²) in [4.78, 5) is 2.45. The second kappa shape index (κ2) is 6.37. The molecule has 1 saturated carbocycles. The first-order valence-electron chi connectivity index (χ1n) is 8.45. The van der Waals surface area contributed by atoms with Crippen molar-refractivity contribution >= 4 is 5.69 Å². The number of aliphatic hydroxyl groups excluding tert-OH is 1. The van der Waals surface area contributed by atoms with Crippen molar-refractivity contribution in [3.63, 3.8) is 0 Å². The summed E-state index contributed by atoms with van der Waals surface area (Å²) in [5.74, 6) is 1.19. The Labute approximate surface area is 128 Å². The van der Waals surface area contributed by atoms with E-state index in [0.29, 0.717) is 17.9 Å². The Hall–Kier alpha value is -1.06. The van der Waals surface area contributed by atoms with Crippen LogP contribution in [0.1, 0.15) is 44.7 Å². The number of anilines is 1. The molecule has 2 fully saturated rings. The molecule has 0 bridgehead atoms. The molecule has 3 heteroatoms. The second-order valence-electron chi connectivity index (χ2n) is 6.74. The molecule has 0 spiro atoms. The third kappa shape index (κ3) is 3.09. The Morgan fingerprint density at radius 2 is 2.00 bits per heavy atom. The predicted molar refractivity (Wildman–Crippen MR) is 87.6 cm³/mol. The van der Waals surface area contributed by atoms with E-state index in [1.807, 2.05) is 0 Å². The summed E-state index contributed by atoms with van der Waals surface area (Å²) in [6, 6.07) is 9.39. The lowest BCUT2D eigenvalue weighted by Gasteiger charge is -2.21. The molecule has 0 radical (unpaired) electrons. The topological polar surface area (TPSA) is 35.5 Å². The van der Waals surface area contributed by atoms with Crippen LogP contribution in [0.2, 0.25) is 0 Å². The van der Waals surface area contributed by atoms with E-state index >= 15 is 0 Å². The van der Waals surface area contributed by atoms with Gasteiger partial charge < -0.3 is 15.3 Å². The van der Waals surface area contributed by atoms with Crippen LogP contribution in [0.3, 0.4) is 0 Å². The molecule has 2 N–H and O–H groups in total. The third-order valence-corrected chi connectivity index (χ3v) is 5.28. The highest BCUT2D eigenvalue weighted by atomic mass is 16.3. The molecule has 1 aliphatic carbocycles. The summed E-state index contributed by atoms with van der Waals surface area (Å²) in [5, 5.41) is 13.6. The molecular formula is C18H28N2O. The first kappa shape index (κ1) is 14.9. The van der Waals surface area contributed by atoms with Crippen molar-refractivity contribution in [2.24, 2.45) is 11.8 Å². The Morgan fingerprint density at radius 1 is 1.24 bits per heavy atom. The van der Waals surface area contributed by atoms with Gasteiger partial charge in [0.05, 0.1) is 6.10 Å². The van der Waals surface area contributed by atoms with Crippen LogP contribution in [0.25, 0.3) is 0 Å². The summed E-state index contributed by atoms with van der Waals surface area (Å²) in [7, 11) is 0. The average molecular weight is 288 g/mol. The van der Waals surface area contributed by atoms with Crippen LogP contribution in [0.15, 0.2) is 24.3 Å². The lowest BCUT2D eigenvalue weighted by atomic mass is 10.00. The minimum absolute atomic E-state index is 0.0717. The minimum atomic E-state index is -0.0717. The maximum absolute atomic E-state index is 10.0. The van der Waals surface area contributed by atoms with Crippen molar-refractivity contribution in [2.75, 3.05) is 24.5 Å². The summed E-state index contributed by atoms with van der Waals surface area (Å²) in [6.45, 7) is 7.62. The van der Waals surface area contributed by atoms with E-state index in [2.05, 4.69) is 48.3 Å². The molecule has 3 nitrogen and oxygen atoms in total. The molecule has 1 heterocycles. The van der Waals surface area contributed by atoms with Crippen molar-refractivity contribution in [1.29, 1.82) is 0 Å². The summed E-state index contributed by atoms with van der Waals surface area (Å²) < 4.78 is 0. The van der Waals surface area contributed by atoms with Crippen LogP contribution in [0, 0.1) is 11.8 Å². The van der Waals surface area contributed by atoms with Gasteiger partial charge in [-0.3, -0.25) is 0 Å². The van der Waals surface area contributed by atoms with Crippen molar-refractivity contribution in [3.05, 3.63) is 29.8 Å². The number of benzene rings is 1. The average Bonchev–Trinajstić information content (AvgIpc) is 3.07. The number of hydrogen-bond donors (Lipinski definition) is 2. The summed E-state index contributed by atoms with van der Waals surface area (Å²) in [5.41, 5.74) is 2.66. The molecule has 4 atom stereocenters. The number of nitrogens with zero attached hydrogens (tertiary/aromatic N) is 1. The number of hydrogen-bond acceptors (Lipinski definition) is 3. The highest BCUT2D eigenvalue weighted by Gasteiger charge is 2.41. The minimum Gasteiger partial charge on any atom is -0.393 e. The van der Waals surface area contributed by atoms with Crippen LogP contribution >= 0.6 is 0 Å². The van der Waals surface area contributed by atoms with E-state index in [1.165, 1.54) is 24.1 Å². The van der Waals surface area contributed by atoms with Crippen molar-refractivity contribution in [2.45, 2.75) is 45.3 Å². The van der Waals surface area contributed by atoms with Gasteiger partial charge in [-0.15, -0.1) is 0 Å². The van der Waals surface area contributed by atoms with Gasteiger partial charge in [0.15, 0.2) is 0 Å². The molecule has 0 amide bonds. The Balaban J connectivity index is 1.62. The Morgan fingerprint density at radius 3 is 2.67 bits per heavy atom. The molecule has 1 saturated heterocycles. The van der Waals surface area contributed by atoms with Crippen LogP contribution in [0.4, 0.5) is 5.69 Å². The monoisotopic (exact) mass is 288 g/mol. The number of aliphatic hydroxyl groups is 1. The first-order chi connectivity index (χ1) is 10.2. The van der Waals surface area contributed by atoms with Gasteiger partial charge in [-0.1, -0.05) is 19.1 Å². The fourth-order valence-corrected chi connectivity index (χ4v) is 3.90. The fourth-order valence-electron chi connectivity index (χ4n) is 3.90. The third-order valence-electron chi connectivity index (χ3n) is 5.28. The lowest BCUT2D eigenvalue weighted by Crippen LogP contribution is -2.24. The second-order valence-corrected chi connectivity index (χ2v) is 6.74. The van der Waals surface area contributed by atoms with Gasteiger partial charge in [-0.05, 0) is 56.3 Å². The van der Waals surface area contributed by atoms with Crippen LogP contribution in [-0.4, -0.2) is 30.8 Å². The van der Waals surface area contributed by atoms with Gasteiger partial charge >= 0.3 is 0 Å². The predicted octanol–water partition coefficient (Wildman–Crippen LogP) is 2.95. The van der Waals surface area contributed by atoms with Gasteiger partial charge in [-0.2, -0.15) is 0 Å². The molecule has 1 aliphatic heterocycles. The lowest BCUT2D eigenvalue weighted by molar-refractivity contribution is 0.133. The van der Waals surface area contributed by atoms with Gasteiger partial charge in [0.25, 0.3) is 0 Å².